The maximum Gasteiger partial charge on any atom is 0.323 e. The van der Waals surface area contributed by atoms with E-state index in [0.717, 1.165) is 19.4 Å². The number of nitrogens with one attached hydrogen (secondary N) is 1. The van der Waals surface area contributed by atoms with E-state index in [0.29, 0.717) is 0 Å². The fourth-order valence-electron chi connectivity index (χ4n) is 1.92. The first kappa shape index (κ1) is 14.0. The van der Waals surface area contributed by atoms with E-state index >= 15 is 0 Å². The number of esters is 1. The Morgan fingerprint density at radius 1 is 1.41 bits per heavy atom. The molecular weight excluding hydrogens is 220 g/mol. The zero-order chi connectivity index (χ0) is 13.1. The molecule has 98 valence electrons. The predicted molar refractivity (Wildman–Crippen MR) is 64.5 cm³/mol. The second kappa shape index (κ2) is 5.49. The molecule has 0 radical (unpaired) electrons. The molecule has 0 aliphatic carbocycles. The summed E-state index contributed by atoms with van der Waals surface area (Å²) in [5, 5.41) is 2.57. The Bertz CT molecular complexity index is 297. The summed E-state index contributed by atoms with van der Waals surface area (Å²) in [7, 11) is 1.60. The third kappa shape index (κ3) is 4.34. The lowest BCUT2D eigenvalue weighted by Crippen LogP contribution is -2.44. The van der Waals surface area contributed by atoms with Crippen LogP contribution >= 0.6 is 0 Å². The molecule has 1 atom stereocenters. The Labute approximate surface area is 102 Å². The van der Waals surface area contributed by atoms with Crippen molar-refractivity contribution in [1.82, 2.24) is 10.2 Å². The molecule has 1 N–H and O–H groups in total. The number of nitrogens with zero attached hydrogens (tertiary/aromatic N) is 1. The van der Waals surface area contributed by atoms with Gasteiger partial charge in [0.2, 0.25) is 5.91 Å². The summed E-state index contributed by atoms with van der Waals surface area (Å²) in [6, 6.07) is -0.272. The zero-order valence-electron chi connectivity index (χ0n) is 11.1. The summed E-state index contributed by atoms with van der Waals surface area (Å²) in [4.78, 5) is 25.1. The molecular formula is C12H22N2O3. The first-order valence-corrected chi connectivity index (χ1v) is 6.01. The number of likely N-dealkylation sites (tertiary alicyclic amines) is 1. The Hall–Kier alpha value is -1.10. The van der Waals surface area contributed by atoms with Gasteiger partial charge in [-0.05, 0) is 40.2 Å². The number of amides is 1. The summed E-state index contributed by atoms with van der Waals surface area (Å²) in [6.07, 6.45) is 1.70. The molecule has 0 aromatic rings. The summed E-state index contributed by atoms with van der Waals surface area (Å²) in [6.45, 7) is 6.59. The third-order valence-corrected chi connectivity index (χ3v) is 2.67. The third-order valence-electron chi connectivity index (χ3n) is 2.67. The molecule has 1 heterocycles. The number of ether oxygens (including phenoxy) is 1. The normalized spacial score (nSPS) is 21.3. The number of rotatable bonds is 3. The maximum atomic E-state index is 11.9. The van der Waals surface area contributed by atoms with Gasteiger partial charge in [-0.3, -0.25) is 14.5 Å². The van der Waals surface area contributed by atoms with Crippen molar-refractivity contribution in [1.29, 1.82) is 0 Å². The summed E-state index contributed by atoms with van der Waals surface area (Å²) in [5.41, 5.74) is -0.474. The Morgan fingerprint density at radius 3 is 2.59 bits per heavy atom. The van der Waals surface area contributed by atoms with Crippen LogP contribution in [0.5, 0.6) is 0 Å². The fourth-order valence-corrected chi connectivity index (χ4v) is 1.92. The lowest BCUT2D eigenvalue weighted by molar-refractivity contribution is -0.160. The summed E-state index contributed by atoms with van der Waals surface area (Å²) < 4.78 is 5.35. The average molecular weight is 242 g/mol. The molecule has 5 heteroatoms. The van der Waals surface area contributed by atoms with Gasteiger partial charge in [-0.15, -0.1) is 0 Å². The van der Waals surface area contributed by atoms with Gasteiger partial charge in [-0.25, -0.2) is 0 Å². The van der Waals surface area contributed by atoms with E-state index < -0.39 is 5.60 Å². The minimum Gasteiger partial charge on any atom is -0.459 e. The van der Waals surface area contributed by atoms with Gasteiger partial charge in [-0.2, -0.15) is 0 Å². The van der Waals surface area contributed by atoms with E-state index in [1.807, 2.05) is 25.7 Å². The minimum absolute atomic E-state index is 0.0690. The smallest absolute Gasteiger partial charge is 0.323 e. The molecule has 0 spiro atoms. The van der Waals surface area contributed by atoms with E-state index in [1.54, 1.807) is 7.05 Å². The molecule has 1 fully saturated rings. The maximum absolute atomic E-state index is 11.9. The summed E-state index contributed by atoms with van der Waals surface area (Å²) in [5.74, 6) is -0.292. The highest BCUT2D eigenvalue weighted by Crippen LogP contribution is 2.20. The van der Waals surface area contributed by atoms with Gasteiger partial charge in [0.25, 0.3) is 0 Å². The van der Waals surface area contributed by atoms with Crippen LogP contribution in [-0.2, 0) is 14.3 Å². The van der Waals surface area contributed by atoms with Crippen molar-refractivity contribution in [3.05, 3.63) is 0 Å². The van der Waals surface area contributed by atoms with Crippen LogP contribution in [0.2, 0.25) is 0 Å². The first-order valence-electron chi connectivity index (χ1n) is 6.01. The van der Waals surface area contributed by atoms with Crippen LogP contribution in [0.15, 0.2) is 0 Å². The van der Waals surface area contributed by atoms with Crippen LogP contribution < -0.4 is 5.32 Å². The molecule has 17 heavy (non-hydrogen) atoms. The van der Waals surface area contributed by atoms with Crippen molar-refractivity contribution >= 4 is 11.9 Å². The van der Waals surface area contributed by atoms with Gasteiger partial charge in [0.15, 0.2) is 0 Å². The molecule has 5 nitrogen and oxygen atoms in total. The quantitative estimate of drug-likeness (QED) is 0.734. The largest absolute Gasteiger partial charge is 0.459 e. The van der Waals surface area contributed by atoms with Crippen LogP contribution in [0.4, 0.5) is 0 Å². The highest BCUT2D eigenvalue weighted by Gasteiger charge is 2.34. The van der Waals surface area contributed by atoms with Gasteiger partial charge in [-0.1, -0.05) is 0 Å². The summed E-state index contributed by atoms with van der Waals surface area (Å²) >= 11 is 0. The van der Waals surface area contributed by atoms with Gasteiger partial charge in [0.1, 0.15) is 11.6 Å². The van der Waals surface area contributed by atoms with Crippen molar-refractivity contribution in [2.75, 3.05) is 20.1 Å². The highest BCUT2D eigenvalue weighted by molar-refractivity contribution is 5.80. The Kier molecular flexibility index (Phi) is 4.51. The van der Waals surface area contributed by atoms with Crippen molar-refractivity contribution in [2.45, 2.75) is 45.3 Å². The van der Waals surface area contributed by atoms with E-state index in [4.69, 9.17) is 4.74 Å². The Balaban J connectivity index is 2.57. The molecule has 1 rings (SSSR count). The number of likely N-dealkylation sites (N-methyl/N-ethyl adjacent to an activating group) is 1. The van der Waals surface area contributed by atoms with Crippen LogP contribution in [0.3, 0.4) is 0 Å². The van der Waals surface area contributed by atoms with Crippen LogP contribution in [-0.4, -0.2) is 48.6 Å². The molecule has 1 amide bonds. The molecule has 0 saturated carbocycles. The number of hydrogen-bond donors (Lipinski definition) is 1. The van der Waals surface area contributed by atoms with Crippen LogP contribution in [0, 0.1) is 0 Å². The van der Waals surface area contributed by atoms with E-state index in [2.05, 4.69) is 5.32 Å². The molecule has 1 aliphatic rings. The number of hydrogen-bond acceptors (Lipinski definition) is 4. The van der Waals surface area contributed by atoms with Crippen LogP contribution in [0.1, 0.15) is 33.6 Å². The van der Waals surface area contributed by atoms with E-state index in [9.17, 15) is 9.59 Å². The lowest BCUT2D eigenvalue weighted by Gasteiger charge is -2.26. The van der Waals surface area contributed by atoms with Crippen molar-refractivity contribution in [3.8, 4) is 0 Å². The van der Waals surface area contributed by atoms with E-state index in [1.165, 1.54) is 0 Å². The average Bonchev–Trinajstić information content (AvgIpc) is 2.63. The zero-order valence-corrected chi connectivity index (χ0v) is 11.1. The minimum atomic E-state index is -0.474. The molecule has 0 aromatic carbocycles. The number of carbonyl (C=O) groups is 2. The highest BCUT2D eigenvalue weighted by atomic mass is 16.6. The topological polar surface area (TPSA) is 58.6 Å². The van der Waals surface area contributed by atoms with Gasteiger partial charge in [0, 0.05) is 7.05 Å². The van der Waals surface area contributed by atoms with Crippen LogP contribution in [0.25, 0.3) is 0 Å². The SMILES string of the molecule is CNC(=O)CN1CCC[C@H]1C(=O)OC(C)(C)C. The molecule has 1 saturated heterocycles. The van der Waals surface area contributed by atoms with E-state index in [-0.39, 0.29) is 24.5 Å². The van der Waals surface area contributed by atoms with Gasteiger partial charge >= 0.3 is 5.97 Å². The van der Waals surface area contributed by atoms with Crippen molar-refractivity contribution in [2.24, 2.45) is 0 Å². The second-order valence-corrected chi connectivity index (χ2v) is 5.34. The second-order valence-electron chi connectivity index (χ2n) is 5.34. The predicted octanol–water partition coefficient (Wildman–Crippen LogP) is 0.538. The first-order chi connectivity index (χ1) is 7.83. The number of carbonyl (C=O) groups excluding carboxylic acids is 2. The van der Waals surface area contributed by atoms with Gasteiger partial charge < -0.3 is 10.1 Å². The lowest BCUT2D eigenvalue weighted by atomic mass is 10.1. The molecule has 0 aromatic heterocycles. The molecule has 0 unspecified atom stereocenters. The van der Waals surface area contributed by atoms with Crippen molar-refractivity contribution in [3.63, 3.8) is 0 Å². The monoisotopic (exact) mass is 242 g/mol. The van der Waals surface area contributed by atoms with Gasteiger partial charge in [0.05, 0.1) is 6.54 Å². The van der Waals surface area contributed by atoms with Crippen molar-refractivity contribution < 1.29 is 14.3 Å². The Morgan fingerprint density at radius 2 is 2.06 bits per heavy atom. The molecule has 0 bridgehead atoms. The standard InChI is InChI=1S/C12H22N2O3/c1-12(2,3)17-11(16)9-6-5-7-14(9)8-10(15)13-4/h9H,5-8H2,1-4H3,(H,13,15)/t9-/m0/s1. The fraction of sp³-hybridized carbons (Fsp3) is 0.833. The molecule has 1 aliphatic heterocycles.